The molecular formula is C16H12N6O2S. The van der Waals surface area contributed by atoms with Crippen molar-refractivity contribution in [3.63, 3.8) is 0 Å². The third kappa shape index (κ3) is 3.17. The maximum Gasteiger partial charge on any atom is 0.335 e. The minimum absolute atomic E-state index is 0.245. The molecule has 25 heavy (non-hydrogen) atoms. The molecule has 9 heteroatoms. The first-order valence-corrected chi connectivity index (χ1v) is 8.12. The van der Waals surface area contributed by atoms with Crippen LogP contribution in [0.4, 0.5) is 11.8 Å². The van der Waals surface area contributed by atoms with E-state index in [9.17, 15) is 4.79 Å². The largest absolute Gasteiger partial charge is 0.478 e. The van der Waals surface area contributed by atoms with Crippen molar-refractivity contribution in [2.45, 2.75) is 9.92 Å². The number of carboxylic acids is 1. The Kier molecular flexibility index (Phi) is 3.82. The highest BCUT2D eigenvalue weighted by Crippen LogP contribution is 2.28. The maximum atomic E-state index is 11.0. The van der Waals surface area contributed by atoms with Crippen molar-refractivity contribution in [3.8, 4) is 0 Å². The minimum Gasteiger partial charge on any atom is -0.478 e. The third-order valence-electron chi connectivity index (χ3n) is 3.43. The van der Waals surface area contributed by atoms with Gasteiger partial charge in [-0.05, 0) is 30.3 Å². The van der Waals surface area contributed by atoms with E-state index in [1.807, 2.05) is 34.9 Å². The van der Waals surface area contributed by atoms with Gasteiger partial charge < -0.3 is 10.4 Å². The number of aromatic nitrogens is 5. The molecule has 0 aliphatic carbocycles. The highest BCUT2D eigenvalue weighted by atomic mass is 32.2. The SMILES string of the molecule is O=C(O)c1cccc(Sc2cc(Nc3ncnc4cccn34)[nH]n2)c1. The molecule has 0 unspecified atom stereocenters. The van der Waals surface area contributed by atoms with Crippen molar-refractivity contribution in [2.24, 2.45) is 0 Å². The lowest BCUT2D eigenvalue weighted by atomic mass is 10.2. The lowest BCUT2D eigenvalue weighted by Gasteiger charge is -2.04. The number of H-pyrrole nitrogens is 1. The Balaban J connectivity index is 1.53. The summed E-state index contributed by atoms with van der Waals surface area (Å²) in [6.45, 7) is 0. The molecule has 3 aromatic heterocycles. The Morgan fingerprint density at radius 1 is 1.20 bits per heavy atom. The monoisotopic (exact) mass is 352 g/mol. The summed E-state index contributed by atoms with van der Waals surface area (Å²) in [5.74, 6) is 0.333. The van der Waals surface area contributed by atoms with Crippen LogP contribution in [-0.2, 0) is 0 Å². The topological polar surface area (TPSA) is 108 Å². The predicted octanol–water partition coefficient (Wildman–Crippen LogP) is 3.05. The number of anilines is 2. The molecule has 0 radical (unpaired) electrons. The second kappa shape index (κ2) is 6.29. The highest BCUT2D eigenvalue weighted by molar-refractivity contribution is 7.99. The van der Waals surface area contributed by atoms with Crippen molar-refractivity contribution in [2.75, 3.05) is 5.32 Å². The number of aromatic carboxylic acids is 1. The van der Waals surface area contributed by atoms with Crippen molar-refractivity contribution in [1.82, 2.24) is 24.6 Å². The number of hydrogen-bond donors (Lipinski definition) is 3. The molecule has 4 rings (SSSR count). The predicted molar refractivity (Wildman–Crippen MR) is 92.4 cm³/mol. The molecule has 0 atom stereocenters. The van der Waals surface area contributed by atoms with Crippen LogP contribution in [-0.4, -0.2) is 35.6 Å². The Bertz CT molecular complexity index is 1060. The van der Waals surface area contributed by atoms with Crippen molar-refractivity contribution < 1.29 is 9.90 Å². The minimum atomic E-state index is -0.952. The fourth-order valence-electron chi connectivity index (χ4n) is 2.31. The fourth-order valence-corrected chi connectivity index (χ4v) is 3.15. The van der Waals surface area contributed by atoms with Crippen LogP contribution < -0.4 is 5.32 Å². The Morgan fingerprint density at radius 3 is 3.00 bits per heavy atom. The van der Waals surface area contributed by atoms with Crippen LogP contribution in [0, 0.1) is 0 Å². The number of carbonyl (C=O) groups is 1. The average Bonchev–Trinajstić information content (AvgIpc) is 3.25. The third-order valence-corrected chi connectivity index (χ3v) is 4.34. The molecule has 124 valence electrons. The number of fused-ring (bicyclic) bond motifs is 1. The molecule has 0 aliphatic rings. The standard InChI is InChI=1S/C16H12N6O2S/c23-15(24)10-3-1-4-11(7-10)25-14-8-12(20-21-14)19-16-18-9-17-13-5-2-6-22(13)16/h1-9H,(H,23,24)(H2,17,18,19,20,21). The number of nitrogens with zero attached hydrogens (tertiary/aromatic N) is 4. The summed E-state index contributed by atoms with van der Waals surface area (Å²) in [5.41, 5.74) is 1.03. The quantitative estimate of drug-likeness (QED) is 0.506. The molecule has 3 heterocycles. The molecule has 0 saturated carbocycles. The molecule has 1 aromatic carbocycles. The van der Waals surface area contributed by atoms with E-state index in [-0.39, 0.29) is 5.56 Å². The van der Waals surface area contributed by atoms with Crippen LogP contribution in [0.3, 0.4) is 0 Å². The van der Waals surface area contributed by atoms with Gasteiger partial charge in [-0.1, -0.05) is 17.8 Å². The average molecular weight is 352 g/mol. The lowest BCUT2D eigenvalue weighted by Crippen LogP contribution is -2.01. The van der Waals surface area contributed by atoms with Gasteiger partial charge in [-0.2, -0.15) is 5.10 Å². The molecule has 3 N–H and O–H groups in total. The Hall–Kier alpha value is -3.33. The molecule has 0 bridgehead atoms. The zero-order valence-electron chi connectivity index (χ0n) is 12.7. The van der Waals surface area contributed by atoms with Gasteiger partial charge in [0.15, 0.2) is 0 Å². The molecular weight excluding hydrogens is 340 g/mol. The van der Waals surface area contributed by atoms with E-state index < -0.39 is 5.97 Å². The molecule has 0 fully saturated rings. The molecule has 0 saturated heterocycles. The number of benzene rings is 1. The lowest BCUT2D eigenvalue weighted by molar-refractivity contribution is 0.0696. The summed E-state index contributed by atoms with van der Waals surface area (Å²) in [5, 5.41) is 20.0. The first kappa shape index (κ1) is 15.2. The van der Waals surface area contributed by atoms with Gasteiger partial charge in [0, 0.05) is 17.2 Å². The van der Waals surface area contributed by atoms with Gasteiger partial charge in [0.05, 0.1) is 5.56 Å². The highest BCUT2D eigenvalue weighted by Gasteiger charge is 2.08. The van der Waals surface area contributed by atoms with E-state index in [0.717, 1.165) is 10.5 Å². The van der Waals surface area contributed by atoms with Crippen molar-refractivity contribution in [1.29, 1.82) is 0 Å². The van der Waals surface area contributed by atoms with Crippen LogP contribution >= 0.6 is 11.8 Å². The zero-order chi connectivity index (χ0) is 17.2. The van der Waals surface area contributed by atoms with E-state index in [4.69, 9.17) is 5.11 Å². The first-order valence-electron chi connectivity index (χ1n) is 7.31. The van der Waals surface area contributed by atoms with E-state index >= 15 is 0 Å². The van der Waals surface area contributed by atoms with Crippen LogP contribution in [0.5, 0.6) is 0 Å². The summed E-state index contributed by atoms with van der Waals surface area (Å²) in [6.07, 6.45) is 3.35. The van der Waals surface area contributed by atoms with Crippen LogP contribution in [0.2, 0.25) is 0 Å². The molecule has 4 aromatic rings. The second-order valence-electron chi connectivity index (χ2n) is 5.11. The summed E-state index contributed by atoms with van der Waals surface area (Å²) < 4.78 is 1.82. The number of carboxylic acid groups (broad SMARTS) is 1. The number of aromatic amines is 1. The zero-order valence-corrected chi connectivity index (χ0v) is 13.6. The van der Waals surface area contributed by atoms with E-state index in [0.29, 0.717) is 16.8 Å². The van der Waals surface area contributed by atoms with Crippen molar-refractivity contribution >= 4 is 35.1 Å². The molecule has 8 nitrogen and oxygen atoms in total. The molecule has 0 aliphatic heterocycles. The number of nitrogens with one attached hydrogen (secondary N) is 2. The smallest absolute Gasteiger partial charge is 0.335 e. The van der Waals surface area contributed by atoms with E-state index in [1.54, 1.807) is 18.2 Å². The summed E-state index contributed by atoms with van der Waals surface area (Å²) >= 11 is 1.37. The number of hydrogen-bond acceptors (Lipinski definition) is 6. The normalized spacial score (nSPS) is 10.9. The van der Waals surface area contributed by atoms with Crippen molar-refractivity contribution in [3.05, 3.63) is 60.6 Å². The van der Waals surface area contributed by atoms with E-state index in [1.165, 1.54) is 18.1 Å². The van der Waals surface area contributed by atoms with Gasteiger partial charge in [0.1, 0.15) is 22.8 Å². The van der Waals surface area contributed by atoms with Gasteiger partial charge in [0.25, 0.3) is 0 Å². The van der Waals surface area contributed by atoms with Gasteiger partial charge in [-0.15, -0.1) is 0 Å². The fraction of sp³-hybridized carbons (Fsp3) is 0. The summed E-state index contributed by atoms with van der Waals surface area (Å²) in [6, 6.07) is 12.3. The number of rotatable bonds is 5. The summed E-state index contributed by atoms with van der Waals surface area (Å²) in [7, 11) is 0. The van der Waals surface area contributed by atoms with Crippen LogP contribution in [0.15, 0.2) is 64.9 Å². The summed E-state index contributed by atoms with van der Waals surface area (Å²) in [4.78, 5) is 20.2. The van der Waals surface area contributed by atoms with E-state index in [2.05, 4.69) is 25.5 Å². The Morgan fingerprint density at radius 2 is 2.12 bits per heavy atom. The van der Waals surface area contributed by atoms with Crippen LogP contribution in [0.25, 0.3) is 5.65 Å². The maximum absolute atomic E-state index is 11.0. The molecule has 0 spiro atoms. The second-order valence-corrected chi connectivity index (χ2v) is 6.21. The van der Waals surface area contributed by atoms with Crippen LogP contribution in [0.1, 0.15) is 10.4 Å². The van der Waals surface area contributed by atoms with Gasteiger partial charge in [-0.3, -0.25) is 9.50 Å². The Labute approximate surface area is 145 Å². The first-order chi connectivity index (χ1) is 12.2. The van der Waals surface area contributed by atoms with Gasteiger partial charge >= 0.3 is 5.97 Å². The molecule has 0 amide bonds. The van der Waals surface area contributed by atoms with Gasteiger partial charge in [0.2, 0.25) is 5.95 Å². The van der Waals surface area contributed by atoms with Gasteiger partial charge in [-0.25, -0.2) is 14.8 Å².